The zero-order valence-electron chi connectivity index (χ0n) is 11.1. The van der Waals surface area contributed by atoms with Gasteiger partial charge in [-0.1, -0.05) is 19.1 Å². The molecule has 0 fully saturated rings. The Labute approximate surface area is 113 Å². The molecule has 0 aliphatic rings. The van der Waals surface area contributed by atoms with Crippen LogP contribution in [0.25, 0.3) is 0 Å². The van der Waals surface area contributed by atoms with Gasteiger partial charge in [0.1, 0.15) is 5.69 Å². The summed E-state index contributed by atoms with van der Waals surface area (Å²) in [5.74, 6) is -0.124. The average molecular weight is 268 g/mol. The van der Waals surface area contributed by atoms with Crippen LogP contribution in [0.1, 0.15) is 42.9 Å². The highest BCUT2D eigenvalue weighted by atomic mass is 32.1. The fraction of sp³-hybridized carbons (Fsp3) is 0.583. The molecule has 0 aliphatic heterocycles. The lowest BCUT2D eigenvalue weighted by molar-refractivity contribution is 0.0926. The maximum Gasteiger partial charge on any atom is 0.269 e. The number of nitrogens with two attached hydrogens (primary N) is 1. The molecule has 3 N–H and O–H groups in total. The Morgan fingerprint density at radius 2 is 2.28 bits per heavy atom. The molecule has 0 saturated heterocycles. The van der Waals surface area contributed by atoms with Crippen LogP contribution in [-0.2, 0) is 6.54 Å². The molecule has 1 amide bonds. The van der Waals surface area contributed by atoms with Crippen LogP contribution in [0.15, 0.2) is 6.07 Å². The van der Waals surface area contributed by atoms with Crippen molar-refractivity contribution in [3.63, 3.8) is 0 Å². The quantitative estimate of drug-likeness (QED) is 0.765. The van der Waals surface area contributed by atoms with Gasteiger partial charge >= 0.3 is 0 Å². The van der Waals surface area contributed by atoms with E-state index in [4.69, 9.17) is 18.0 Å². The SMILES string of the molecule is CCC(CC(N)=S)NC(=O)c1cc(C)nn1CC. The van der Waals surface area contributed by atoms with Gasteiger partial charge in [-0.15, -0.1) is 0 Å². The molecule has 1 atom stereocenters. The molecule has 1 aromatic rings. The van der Waals surface area contributed by atoms with Crippen molar-refractivity contribution in [3.05, 3.63) is 17.5 Å². The standard InChI is InChI=1S/C12H20N4OS/c1-4-9(7-11(13)18)14-12(17)10-6-8(3)15-16(10)5-2/h6,9H,4-5,7H2,1-3H3,(H2,13,18)(H,14,17). The summed E-state index contributed by atoms with van der Waals surface area (Å²) in [7, 11) is 0. The van der Waals surface area contributed by atoms with Crippen molar-refractivity contribution in [2.45, 2.75) is 46.2 Å². The molecule has 1 heterocycles. The van der Waals surface area contributed by atoms with Gasteiger partial charge in [0.05, 0.1) is 10.7 Å². The van der Waals surface area contributed by atoms with Crippen LogP contribution in [0.2, 0.25) is 0 Å². The number of nitrogens with zero attached hydrogens (tertiary/aromatic N) is 2. The molecule has 0 aliphatic carbocycles. The number of aryl methyl sites for hydroxylation is 2. The van der Waals surface area contributed by atoms with E-state index in [-0.39, 0.29) is 11.9 Å². The van der Waals surface area contributed by atoms with Crippen LogP contribution in [0, 0.1) is 6.92 Å². The summed E-state index contributed by atoms with van der Waals surface area (Å²) in [6.07, 6.45) is 1.32. The first kappa shape index (κ1) is 14.6. The van der Waals surface area contributed by atoms with Crippen molar-refractivity contribution >= 4 is 23.1 Å². The first-order valence-corrected chi connectivity index (χ1v) is 6.52. The van der Waals surface area contributed by atoms with Crippen LogP contribution >= 0.6 is 12.2 Å². The third-order valence-electron chi connectivity index (χ3n) is 2.71. The van der Waals surface area contributed by atoms with Gasteiger partial charge in [0.25, 0.3) is 5.91 Å². The lowest BCUT2D eigenvalue weighted by Crippen LogP contribution is -2.38. The van der Waals surface area contributed by atoms with Crippen molar-refractivity contribution in [3.8, 4) is 0 Å². The van der Waals surface area contributed by atoms with E-state index in [1.54, 1.807) is 10.7 Å². The van der Waals surface area contributed by atoms with Gasteiger partial charge in [0.15, 0.2) is 0 Å². The molecule has 100 valence electrons. The van der Waals surface area contributed by atoms with E-state index in [2.05, 4.69) is 10.4 Å². The van der Waals surface area contributed by atoms with E-state index < -0.39 is 0 Å². The largest absolute Gasteiger partial charge is 0.393 e. The van der Waals surface area contributed by atoms with Gasteiger partial charge < -0.3 is 11.1 Å². The Balaban J connectivity index is 2.77. The van der Waals surface area contributed by atoms with E-state index in [0.717, 1.165) is 12.1 Å². The Morgan fingerprint density at radius 3 is 2.78 bits per heavy atom. The molecule has 1 unspecified atom stereocenters. The van der Waals surface area contributed by atoms with E-state index in [9.17, 15) is 4.79 Å². The second-order valence-electron chi connectivity index (χ2n) is 4.24. The van der Waals surface area contributed by atoms with E-state index in [0.29, 0.717) is 23.6 Å². The Bertz CT molecular complexity index is 441. The number of carbonyl (C=O) groups excluding carboxylic acids is 1. The number of carbonyl (C=O) groups is 1. The smallest absolute Gasteiger partial charge is 0.269 e. The summed E-state index contributed by atoms with van der Waals surface area (Å²) < 4.78 is 1.69. The molecule has 5 nitrogen and oxygen atoms in total. The van der Waals surface area contributed by atoms with Crippen molar-refractivity contribution in [1.29, 1.82) is 0 Å². The molecule has 6 heteroatoms. The number of hydrogen-bond donors (Lipinski definition) is 2. The number of amides is 1. The fourth-order valence-electron chi connectivity index (χ4n) is 1.77. The zero-order valence-corrected chi connectivity index (χ0v) is 11.9. The Morgan fingerprint density at radius 1 is 1.61 bits per heavy atom. The summed E-state index contributed by atoms with van der Waals surface area (Å²) >= 11 is 4.87. The maximum atomic E-state index is 12.1. The number of thiocarbonyl (C=S) groups is 1. The first-order chi connectivity index (χ1) is 8.47. The summed E-state index contributed by atoms with van der Waals surface area (Å²) in [5, 5.41) is 7.18. The fourth-order valence-corrected chi connectivity index (χ4v) is 1.97. The number of aromatic nitrogens is 2. The third-order valence-corrected chi connectivity index (χ3v) is 2.88. The van der Waals surface area contributed by atoms with Gasteiger partial charge in [0.2, 0.25) is 0 Å². The van der Waals surface area contributed by atoms with Gasteiger partial charge in [-0.2, -0.15) is 5.10 Å². The van der Waals surface area contributed by atoms with Crippen molar-refractivity contribution in [2.75, 3.05) is 0 Å². The van der Waals surface area contributed by atoms with Gasteiger partial charge in [-0.3, -0.25) is 9.48 Å². The maximum absolute atomic E-state index is 12.1. The zero-order chi connectivity index (χ0) is 13.7. The summed E-state index contributed by atoms with van der Waals surface area (Å²) in [6, 6.07) is 1.77. The summed E-state index contributed by atoms with van der Waals surface area (Å²) in [4.78, 5) is 12.6. The molecular weight excluding hydrogens is 248 g/mol. The van der Waals surface area contributed by atoms with Crippen molar-refractivity contribution < 1.29 is 4.79 Å². The Hall–Kier alpha value is -1.43. The highest BCUT2D eigenvalue weighted by molar-refractivity contribution is 7.80. The van der Waals surface area contributed by atoms with Crippen molar-refractivity contribution in [1.82, 2.24) is 15.1 Å². The second-order valence-corrected chi connectivity index (χ2v) is 4.76. The normalized spacial score (nSPS) is 12.2. The molecule has 0 spiro atoms. The third kappa shape index (κ3) is 3.80. The van der Waals surface area contributed by atoms with Crippen LogP contribution in [0.5, 0.6) is 0 Å². The topological polar surface area (TPSA) is 72.9 Å². The minimum atomic E-state index is -0.124. The molecule has 1 rings (SSSR count). The lowest BCUT2D eigenvalue weighted by atomic mass is 10.1. The van der Waals surface area contributed by atoms with E-state index in [1.807, 2.05) is 20.8 Å². The molecule has 0 radical (unpaired) electrons. The van der Waals surface area contributed by atoms with E-state index >= 15 is 0 Å². The number of rotatable bonds is 6. The van der Waals surface area contributed by atoms with Crippen LogP contribution in [0.4, 0.5) is 0 Å². The van der Waals surface area contributed by atoms with Crippen LogP contribution < -0.4 is 11.1 Å². The minimum Gasteiger partial charge on any atom is -0.393 e. The average Bonchev–Trinajstić information content (AvgIpc) is 2.69. The predicted molar refractivity (Wildman–Crippen MR) is 75.6 cm³/mol. The minimum absolute atomic E-state index is 0.0180. The van der Waals surface area contributed by atoms with Crippen LogP contribution in [0.3, 0.4) is 0 Å². The molecule has 18 heavy (non-hydrogen) atoms. The summed E-state index contributed by atoms with van der Waals surface area (Å²) in [6.45, 7) is 6.49. The monoisotopic (exact) mass is 268 g/mol. The Kier molecular flexibility index (Phi) is 5.27. The first-order valence-electron chi connectivity index (χ1n) is 6.11. The molecule has 0 bridgehead atoms. The molecule has 1 aromatic heterocycles. The predicted octanol–water partition coefficient (Wildman–Crippen LogP) is 1.40. The molecule has 0 saturated carbocycles. The lowest BCUT2D eigenvalue weighted by Gasteiger charge is -2.16. The van der Waals surface area contributed by atoms with Crippen LogP contribution in [-0.4, -0.2) is 26.7 Å². The van der Waals surface area contributed by atoms with Gasteiger partial charge in [-0.05, 0) is 26.3 Å². The van der Waals surface area contributed by atoms with Crippen molar-refractivity contribution in [2.24, 2.45) is 5.73 Å². The highest BCUT2D eigenvalue weighted by Crippen LogP contribution is 2.06. The molecule has 0 aromatic carbocycles. The van der Waals surface area contributed by atoms with E-state index in [1.165, 1.54) is 0 Å². The molecular formula is C12H20N4OS. The van der Waals surface area contributed by atoms with Gasteiger partial charge in [-0.25, -0.2) is 0 Å². The van der Waals surface area contributed by atoms with Gasteiger partial charge in [0, 0.05) is 19.0 Å². The summed E-state index contributed by atoms with van der Waals surface area (Å²) in [5.41, 5.74) is 6.92. The number of nitrogens with one attached hydrogen (secondary N) is 1. The second kappa shape index (κ2) is 6.49. The highest BCUT2D eigenvalue weighted by Gasteiger charge is 2.17. The number of hydrogen-bond acceptors (Lipinski definition) is 3.